The number of methoxy groups -OCH3 is 1. The lowest BCUT2D eigenvalue weighted by Gasteiger charge is -2.07. The van der Waals surface area contributed by atoms with Gasteiger partial charge in [0.1, 0.15) is 5.58 Å². The molecule has 2 heterocycles. The number of benzene rings is 1. The largest absolute Gasteiger partial charge is 0.463 e. The number of cyclic esters (lactones) is 1. The van der Waals surface area contributed by atoms with Crippen molar-refractivity contribution in [3.8, 4) is 0 Å². The van der Waals surface area contributed by atoms with Gasteiger partial charge < -0.3 is 18.6 Å². The molecule has 0 radical (unpaired) electrons. The number of hydrogen-bond acceptors (Lipinski definition) is 6. The standard InChI is InChI=1S/C15H14O6/c1-18-8-10-9-4-2-3-5-11(9)20-13(10)15(17)21-12-6-7-19-14(12)16/h2-5,12H,6-8H2,1H3/t12-/m1/s1. The van der Waals surface area contributed by atoms with E-state index >= 15 is 0 Å². The second-order valence-electron chi connectivity index (χ2n) is 4.69. The van der Waals surface area contributed by atoms with Gasteiger partial charge in [0.05, 0.1) is 13.2 Å². The molecule has 1 fully saturated rings. The van der Waals surface area contributed by atoms with Crippen molar-refractivity contribution in [1.82, 2.24) is 0 Å². The molecule has 0 unspecified atom stereocenters. The second-order valence-corrected chi connectivity index (χ2v) is 4.69. The van der Waals surface area contributed by atoms with Crippen molar-refractivity contribution in [2.45, 2.75) is 19.1 Å². The number of hydrogen-bond donors (Lipinski definition) is 0. The number of carbonyl (C=O) groups excluding carboxylic acids is 2. The van der Waals surface area contributed by atoms with Crippen molar-refractivity contribution in [3.05, 3.63) is 35.6 Å². The van der Waals surface area contributed by atoms with Crippen LogP contribution in [0.5, 0.6) is 0 Å². The molecule has 0 amide bonds. The predicted molar refractivity (Wildman–Crippen MR) is 71.7 cm³/mol. The summed E-state index contributed by atoms with van der Waals surface area (Å²) in [5, 5.41) is 0.792. The van der Waals surface area contributed by atoms with Crippen molar-refractivity contribution >= 4 is 22.9 Å². The van der Waals surface area contributed by atoms with Gasteiger partial charge in [-0.2, -0.15) is 0 Å². The molecule has 1 aromatic heterocycles. The summed E-state index contributed by atoms with van der Waals surface area (Å²) >= 11 is 0. The third-order valence-electron chi connectivity index (χ3n) is 3.31. The first-order chi connectivity index (χ1) is 10.2. The van der Waals surface area contributed by atoms with Crippen LogP contribution in [-0.4, -0.2) is 31.8 Å². The van der Waals surface area contributed by atoms with Gasteiger partial charge in [-0.1, -0.05) is 18.2 Å². The van der Waals surface area contributed by atoms with Crippen molar-refractivity contribution in [2.75, 3.05) is 13.7 Å². The smallest absolute Gasteiger partial charge is 0.375 e. The van der Waals surface area contributed by atoms with E-state index in [1.165, 1.54) is 7.11 Å². The summed E-state index contributed by atoms with van der Waals surface area (Å²) in [5.74, 6) is -1.13. The lowest BCUT2D eigenvalue weighted by Crippen LogP contribution is -2.23. The maximum Gasteiger partial charge on any atom is 0.375 e. The van der Waals surface area contributed by atoms with Crippen molar-refractivity contribution in [3.63, 3.8) is 0 Å². The third kappa shape index (κ3) is 2.50. The zero-order valence-electron chi connectivity index (χ0n) is 11.5. The minimum absolute atomic E-state index is 0.0674. The quantitative estimate of drug-likeness (QED) is 0.802. The van der Waals surface area contributed by atoms with Crippen LogP contribution < -0.4 is 0 Å². The van der Waals surface area contributed by atoms with E-state index < -0.39 is 18.0 Å². The summed E-state index contributed by atoms with van der Waals surface area (Å²) in [6.07, 6.45) is -0.495. The molecule has 1 atom stereocenters. The summed E-state index contributed by atoms with van der Waals surface area (Å²) in [6.45, 7) is 0.485. The second kappa shape index (κ2) is 5.57. The van der Waals surface area contributed by atoms with Crippen molar-refractivity contribution in [2.24, 2.45) is 0 Å². The highest BCUT2D eigenvalue weighted by atomic mass is 16.6. The highest BCUT2D eigenvalue weighted by molar-refractivity contribution is 5.97. The Morgan fingerprint density at radius 1 is 1.38 bits per heavy atom. The van der Waals surface area contributed by atoms with Gasteiger partial charge in [-0.3, -0.25) is 0 Å². The van der Waals surface area contributed by atoms with E-state index in [0.717, 1.165) is 5.39 Å². The normalized spacial score (nSPS) is 18.0. The fourth-order valence-corrected chi connectivity index (χ4v) is 2.32. The Labute approximate surface area is 120 Å². The molecular formula is C15H14O6. The maximum absolute atomic E-state index is 12.2. The molecule has 1 aliphatic rings. The van der Waals surface area contributed by atoms with Gasteiger partial charge in [0, 0.05) is 24.5 Å². The van der Waals surface area contributed by atoms with E-state index in [4.69, 9.17) is 18.6 Å². The summed E-state index contributed by atoms with van der Waals surface area (Å²) in [4.78, 5) is 23.6. The summed E-state index contributed by atoms with van der Waals surface area (Å²) in [6, 6.07) is 7.26. The Morgan fingerprint density at radius 2 is 2.19 bits per heavy atom. The van der Waals surface area contributed by atoms with E-state index in [1.807, 2.05) is 18.2 Å². The number of rotatable bonds is 4. The Hall–Kier alpha value is -2.34. The zero-order valence-corrected chi connectivity index (χ0v) is 11.5. The molecule has 1 aromatic carbocycles. The number of esters is 2. The van der Waals surface area contributed by atoms with Crippen LogP contribution >= 0.6 is 0 Å². The van der Waals surface area contributed by atoms with Crippen molar-refractivity contribution < 1.29 is 28.2 Å². The first-order valence-electron chi connectivity index (χ1n) is 6.57. The minimum atomic E-state index is -0.860. The number of carbonyl (C=O) groups is 2. The van der Waals surface area contributed by atoms with Gasteiger partial charge in [-0.05, 0) is 6.07 Å². The maximum atomic E-state index is 12.2. The molecule has 0 N–H and O–H groups in total. The molecule has 0 spiro atoms. The molecule has 1 saturated heterocycles. The van der Waals surface area contributed by atoms with Gasteiger partial charge in [-0.15, -0.1) is 0 Å². The van der Waals surface area contributed by atoms with Gasteiger partial charge >= 0.3 is 11.9 Å². The van der Waals surface area contributed by atoms with E-state index in [2.05, 4.69) is 0 Å². The molecule has 6 heteroatoms. The van der Waals surface area contributed by atoms with E-state index in [1.54, 1.807) is 6.07 Å². The Bertz CT molecular complexity index is 687. The molecule has 6 nitrogen and oxygen atoms in total. The molecule has 1 aliphatic heterocycles. The molecule has 3 rings (SSSR count). The van der Waals surface area contributed by atoms with Crippen LogP contribution in [0.2, 0.25) is 0 Å². The molecule has 2 aromatic rings. The molecule has 0 saturated carbocycles. The van der Waals surface area contributed by atoms with Crippen LogP contribution in [0.4, 0.5) is 0 Å². The Kier molecular flexibility index (Phi) is 3.62. The van der Waals surface area contributed by atoms with E-state index in [0.29, 0.717) is 17.6 Å². The highest BCUT2D eigenvalue weighted by Gasteiger charge is 2.32. The molecular weight excluding hydrogens is 276 g/mol. The van der Waals surface area contributed by atoms with E-state index in [9.17, 15) is 9.59 Å². The third-order valence-corrected chi connectivity index (χ3v) is 3.31. The topological polar surface area (TPSA) is 75.0 Å². The number of para-hydroxylation sites is 1. The monoisotopic (exact) mass is 290 g/mol. The Morgan fingerprint density at radius 3 is 2.90 bits per heavy atom. The lowest BCUT2D eigenvalue weighted by molar-refractivity contribution is -0.145. The average molecular weight is 290 g/mol. The number of ether oxygens (including phenoxy) is 3. The predicted octanol–water partition coefficient (Wildman–Crippen LogP) is 2.05. The first-order valence-corrected chi connectivity index (χ1v) is 6.57. The van der Waals surface area contributed by atoms with Crippen LogP contribution in [0.15, 0.2) is 28.7 Å². The summed E-state index contributed by atoms with van der Waals surface area (Å²) < 4.78 is 20.6. The molecule has 110 valence electrons. The van der Waals surface area contributed by atoms with Crippen LogP contribution in [-0.2, 0) is 25.6 Å². The first kappa shape index (κ1) is 13.6. The fourth-order valence-electron chi connectivity index (χ4n) is 2.32. The van der Waals surface area contributed by atoms with Gasteiger partial charge in [-0.25, -0.2) is 9.59 Å². The molecule has 21 heavy (non-hydrogen) atoms. The lowest BCUT2D eigenvalue weighted by atomic mass is 10.1. The van der Waals surface area contributed by atoms with E-state index in [-0.39, 0.29) is 19.0 Å². The van der Waals surface area contributed by atoms with Crippen LogP contribution in [0, 0.1) is 0 Å². The van der Waals surface area contributed by atoms with Gasteiger partial charge in [0.25, 0.3) is 0 Å². The fraction of sp³-hybridized carbons (Fsp3) is 0.333. The van der Waals surface area contributed by atoms with Gasteiger partial charge in [0.2, 0.25) is 11.9 Å². The summed E-state index contributed by atoms with van der Waals surface area (Å²) in [7, 11) is 1.53. The SMILES string of the molecule is COCc1c(C(=O)O[C@@H]2CCOC2=O)oc2ccccc12. The zero-order chi connectivity index (χ0) is 14.8. The molecule has 0 bridgehead atoms. The minimum Gasteiger partial charge on any atom is -0.463 e. The Balaban J connectivity index is 1.93. The summed E-state index contributed by atoms with van der Waals surface area (Å²) in [5.41, 5.74) is 1.19. The van der Waals surface area contributed by atoms with Crippen LogP contribution in [0.3, 0.4) is 0 Å². The molecule has 0 aliphatic carbocycles. The number of furan rings is 1. The number of fused-ring (bicyclic) bond motifs is 1. The van der Waals surface area contributed by atoms with Crippen molar-refractivity contribution in [1.29, 1.82) is 0 Å². The highest BCUT2D eigenvalue weighted by Crippen LogP contribution is 2.27. The van der Waals surface area contributed by atoms with Crippen LogP contribution in [0.25, 0.3) is 11.0 Å². The van der Waals surface area contributed by atoms with Gasteiger partial charge in [0.15, 0.2) is 0 Å². The average Bonchev–Trinajstić information content (AvgIpc) is 3.04. The van der Waals surface area contributed by atoms with Crippen LogP contribution in [0.1, 0.15) is 22.5 Å².